The fraction of sp³-hybridized carbons (Fsp3) is 0.353. The molecule has 4 rings (SSSR count). The van der Waals surface area contributed by atoms with Crippen molar-refractivity contribution in [2.24, 2.45) is 0 Å². The van der Waals surface area contributed by atoms with Crippen molar-refractivity contribution in [3.05, 3.63) is 107 Å². The molecule has 1 fully saturated rings. The Bertz CT molecular complexity index is 1520. The van der Waals surface area contributed by atoms with Gasteiger partial charge in [-0.25, -0.2) is 14.6 Å². The summed E-state index contributed by atoms with van der Waals surface area (Å²) in [5, 5.41) is 12.2. The van der Waals surface area contributed by atoms with Crippen LogP contribution in [0.5, 0.6) is 0 Å². The van der Waals surface area contributed by atoms with Crippen molar-refractivity contribution in [2.75, 3.05) is 26.7 Å². The van der Waals surface area contributed by atoms with Crippen LogP contribution in [0.15, 0.2) is 79.3 Å². The zero-order valence-electron chi connectivity index (χ0n) is 25.4. The molecule has 1 aliphatic heterocycles. The smallest absolute Gasteiger partial charge is 0.329 e. The maximum absolute atomic E-state index is 13.5. The molecule has 0 bridgehead atoms. The molecule has 1 unspecified atom stereocenters. The van der Waals surface area contributed by atoms with Gasteiger partial charge in [-0.3, -0.25) is 4.90 Å². The minimum atomic E-state index is -0.736. The molecule has 9 nitrogen and oxygen atoms in total. The van der Waals surface area contributed by atoms with Gasteiger partial charge in [-0.15, -0.1) is 0 Å². The van der Waals surface area contributed by atoms with E-state index in [2.05, 4.69) is 38.5 Å². The van der Waals surface area contributed by atoms with Crippen LogP contribution in [-0.2, 0) is 29.0 Å². The summed E-state index contributed by atoms with van der Waals surface area (Å²) in [5.74, 6) is -0.444. The summed E-state index contributed by atoms with van der Waals surface area (Å²) in [7, 11) is 1.35. The third kappa shape index (κ3) is 8.66. The van der Waals surface area contributed by atoms with Gasteiger partial charge in [-0.2, -0.15) is 5.26 Å². The number of benzene rings is 2. The number of hydrogen-bond acceptors (Lipinski definition) is 6. The van der Waals surface area contributed by atoms with E-state index < -0.39 is 17.6 Å². The lowest BCUT2D eigenvalue weighted by molar-refractivity contribution is -0.148. The highest BCUT2D eigenvalue weighted by molar-refractivity contribution is 5.84. The molecule has 1 N–H and O–H groups in total. The van der Waals surface area contributed by atoms with Gasteiger partial charge in [0.1, 0.15) is 6.04 Å². The van der Waals surface area contributed by atoms with Crippen molar-refractivity contribution in [1.29, 1.82) is 5.26 Å². The van der Waals surface area contributed by atoms with Crippen molar-refractivity contribution in [2.45, 2.75) is 51.9 Å². The quantitative estimate of drug-likeness (QED) is 0.273. The Kier molecular flexibility index (Phi) is 10.2. The number of carbonyl (C=O) groups is 2. The van der Waals surface area contributed by atoms with Crippen LogP contribution in [0.2, 0.25) is 0 Å². The number of aromatic nitrogens is 2. The van der Waals surface area contributed by atoms with Crippen LogP contribution < -0.4 is 5.32 Å². The normalized spacial score (nSPS) is 15.7. The number of nitriles is 1. The summed E-state index contributed by atoms with van der Waals surface area (Å²) in [6.07, 6.45) is 8.23. The van der Waals surface area contributed by atoms with Gasteiger partial charge in [-0.05, 0) is 56.0 Å². The predicted molar refractivity (Wildman–Crippen MR) is 167 cm³/mol. The van der Waals surface area contributed by atoms with Gasteiger partial charge in [0.25, 0.3) is 0 Å². The van der Waals surface area contributed by atoms with Crippen LogP contribution in [0.4, 0.5) is 4.79 Å². The van der Waals surface area contributed by atoms with E-state index in [9.17, 15) is 9.59 Å². The third-order valence-electron chi connectivity index (χ3n) is 7.42. The van der Waals surface area contributed by atoms with Crippen molar-refractivity contribution in [3.8, 4) is 6.07 Å². The number of esters is 1. The topological polar surface area (TPSA) is 103 Å². The number of nitrogens with zero attached hydrogens (tertiary/aromatic N) is 5. The van der Waals surface area contributed by atoms with Crippen LogP contribution in [-0.4, -0.2) is 69.7 Å². The summed E-state index contributed by atoms with van der Waals surface area (Å²) >= 11 is 0. The van der Waals surface area contributed by atoms with Crippen LogP contribution in [0, 0.1) is 11.3 Å². The lowest BCUT2D eigenvalue weighted by Crippen LogP contribution is -2.62. The number of nitrogens with one attached hydrogen (secondary N) is 1. The molecule has 2 heterocycles. The molecule has 43 heavy (non-hydrogen) atoms. The van der Waals surface area contributed by atoms with E-state index in [4.69, 9.17) is 10.00 Å². The zero-order valence-corrected chi connectivity index (χ0v) is 25.4. The standard InChI is InChI=1S/C34H40N6O3/c1-25(2)9-10-26-7-6-8-29(17-26)18-34(3,4)37-33(42)40-16-15-38(23-31(40)32(41)43-5)22-30-20-36-24-39(30)21-28-13-11-27(19-35)12-14-28/h6-14,17,20,24,31H,1,15-16,18,21-23H2,2-5H3,(H,37,42)/b10-9+. The maximum atomic E-state index is 13.5. The summed E-state index contributed by atoms with van der Waals surface area (Å²) in [6.45, 7) is 12.4. The summed E-state index contributed by atoms with van der Waals surface area (Å²) in [6, 6.07) is 16.8. The summed E-state index contributed by atoms with van der Waals surface area (Å²) < 4.78 is 7.17. The first-order valence-corrected chi connectivity index (χ1v) is 14.4. The fourth-order valence-electron chi connectivity index (χ4n) is 5.26. The Balaban J connectivity index is 1.40. The van der Waals surface area contributed by atoms with Gasteiger partial charge in [0.15, 0.2) is 0 Å². The molecule has 0 aliphatic carbocycles. The molecule has 1 saturated heterocycles. The Hall–Kier alpha value is -4.68. The lowest BCUT2D eigenvalue weighted by atomic mass is 9.94. The second kappa shape index (κ2) is 14.0. The van der Waals surface area contributed by atoms with Crippen molar-refractivity contribution in [1.82, 2.24) is 24.7 Å². The monoisotopic (exact) mass is 580 g/mol. The van der Waals surface area contributed by atoms with Gasteiger partial charge >= 0.3 is 12.0 Å². The highest BCUT2D eigenvalue weighted by atomic mass is 16.5. The van der Waals surface area contributed by atoms with E-state index in [1.165, 1.54) is 7.11 Å². The third-order valence-corrected chi connectivity index (χ3v) is 7.42. The van der Waals surface area contributed by atoms with Gasteiger partial charge < -0.3 is 19.5 Å². The fourth-order valence-corrected chi connectivity index (χ4v) is 5.26. The van der Waals surface area contributed by atoms with Crippen LogP contribution in [0.1, 0.15) is 48.7 Å². The molecule has 0 saturated carbocycles. The van der Waals surface area contributed by atoms with E-state index in [1.54, 1.807) is 23.4 Å². The first-order chi connectivity index (χ1) is 20.6. The Morgan fingerprint density at radius 3 is 2.63 bits per heavy atom. The van der Waals surface area contributed by atoms with Crippen LogP contribution in [0.25, 0.3) is 6.08 Å². The molecule has 0 radical (unpaired) electrons. The number of piperazine rings is 1. The lowest BCUT2D eigenvalue weighted by Gasteiger charge is -2.41. The molecule has 224 valence electrons. The minimum absolute atomic E-state index is 0.288. The minimum Gasteiger partial charge on any atom is -0.467 e. The first-order valence-electron chi connectivity index (χ1n) is 14.4. The average Bonchev–Trinajstić information content (AvgIpc) is 3.41. The molecule has 1 atom stereocenters. The molecule has 0 spiro atoms. The Morgan fingerprint density at radius 1 is 1.16 bits per heavy atom. The zero-order chi connectivity index (χ0) is 31.0. The second-order valence-corrected chi connectivity index (χ2v) is 11.7. The van der Waals surface area contributed by atoms with Gasteiger partial charge in [0.2, 0.25) is 0 Å². The molecule has 9 heteroatoms. The van der Waals surface area contributed by atoms with Gasteiger partial charge in [0.05, 0.1) is 30.8 Å². The van der Waals surface area contributed by atoms with E-state index in [-0.39, 0.29) is 6.03 Å². The SMILES string of the molecule is C=C(C)/C=C/c1cccc(CC(C)(C)NC(=O)N2CCN(Cc3cncn3Cc3ccc(C#N)cc3)CC2C(=O)OC)c1. The molecular weight excluding hydrogens is 540 g/mol. The number of ether oxygens (including phenoxy) is 1. The summed E-state index contributed by atoms with van der Waals surface area (Å²) in [5.41, 5.74) is 5.27. The molecule has 2 amide bonds. The van der Waals surface area contributed by atoms with Crippen molar-refractivity contribution in [3.63, 3.8) is 0 Å². The number of carbonyl (C=O) groups excluding carboxylic acids is 2. The number of imidazole rings is 1. The van der Waals surface area contributed by atoms with E-state index in [1.807, 2.05) is 69.5 Å². The number of urea groups is 1. The van der Waals surface area contributed by atoms with E-state index >= 15 is 0 Å². The molecule has 1 aliphatic rings. The molecular formula is C34H40N6O3. The van der Waals surface area contributed by atoms with Crippen LogP contribution in [0.3, 0.4) is 0 Å². The highest BCUT2D eigenvalue weighted by Gasteiger charge is 2.38. The van der Waals surface area contributed by atoms with Crippen molar-refractivity contribution >= 4 is 18.1 Å². The van der Waals surface area contributed by atoms with Crippen LogP contribution >= 0.6 is 0 Å². The van der Waals surface area contributed by atoms with Crippen molar-refractivity contribution < 1.29 is 14.3 Å². The first kappa shape index (κ1) is 31.3. The summed E-state index contributed by atoms with van der Waals surface area (Å²) in [4.78, 5) is 34.5. The second-order valence-electron chi connectivity index (χ2n) is 11.7. The van der Waals surface area contributed by atoms with E-state index in [0.717, 1.165) is 28.0 Å². The van der Waals surface area contributed by atoms with E-state index in [0.29, 0.717) is 44.7 Å². The predicted octanol–water partition coefficient (Wildman–Crippen LogP) is 4.78. The molecule has 1 aromatic heterocycles. The Labute approximate surface area is 254 Å². The molecule has 3 aromatic rings. The maximum Gasteiger partial charge on any atom is 0.329 e. The molecule has 2 aromatic carbocycles. The number of hydrogen-bond donors (Lipinski definition) is 1. The number of allylic oxidation sites excluding steroid dienone is 2. The average molecular weight is 581 g/mol. The number of rotatable bonds is 10. The Morgan fingerprint density at radius 2 is 1.93 bits per heavy atom. The van der Waals surface area contributed by atoms with Gasteiger partial charge in [-0.1, -0.05) is 60.7 Å². The highest BCUT2D eigenvalue weighted by Crippen LogP contribution is 2.20. The number of methoxy groups -OCH3 is 1. The largest absolute Gasteiger partial charge is 0.467 e. The number of amides is 2. The van der Waals surface area contributed by atoms with Gasteiger partial charge in [0, 0.05) is 44.5 Å².